The molecule has 0 aliphatic heterocycles. The summed E-state index contributed by atoms with van der Waals surface area (Å²) >= 11 is 4.75. The zero-order valence-corrected chi connectivity index (χ0v) is 18.3. The Kier molecular flexibility index (Phi) is 6.39. The highest BCUT2D eigenvalue weighted by Gasteiger charge is 2.19. The van der Waals surface area contributed by atoms with Crippen LogP contribution in [0.3, 0.4) is 0 Å². The molecule has 4 rings (SSSR count). The van der Waals surface area contributed by atoms with E-state index in [1.54, 1.807) is 29.3 Å². The van der Waals surface area contributed by atoms with Gasteiger partial charge in [-0.3, -0.25) is 4.79 Å². The number of carbonyl (C=O) groups excluding carboxylic acids is 1. The molecule has 0 spiro atoms. The molecule has 0 N–H and O–H groups in total. The fourth-order valence-electron chi connectivity index (χ4n) is 2.69. The van der Waals surface area contributed by atoms with E-state index in [-0.39, 0.29) is 5.91 Å². The largest absolute Gasteiger partial charge is 0.272 e. The third kappa shape index (κ3) is 5.12. The first-order chi connectivity index (χ1) is 14.2. The summed E-state index contributed by atoms with van der Waals surface area (Å²) < 4.78 is 1.06. The molecule has 7 heteroatoms. The normalized spacial score (nSPS) is 11.3. The molecule has 0 aliphatic rings. The van der Waals surface area contributed by atoms with Crippen LogP contribution in [0, 0.1) is 6.92 Å². The number of nitrogens with zero attached hydrogens (tertiary/aromatic N) is 3. The number of benzene rings is 2. The molecular weight excluding hydrogens is 418 g/mol. The zero-order chi connectivity index (χ0) is 20.1. The maximum atomic E-state index is 13.0. The number of hydrogen-bond acceptors (Lipinski definition) is 6. The van der Waals surface area contributed by atoms with Gasteiger partial charge in [0.2, 0.25) is 11.0 Å². The summed E-state index contributed by atoms with van der Waals surface area (Å²) in [5.41, 5.74) is 2.06. The first-order valence-corrected chi connectivity index (χ1v) is 11.8. The topological polar surface area (TPSA) is 45.6 Å². The summed E-state index contributed by atoms with van der Waals surface area (Å²) in [5.74, 6) is 0.634. The summed E-state index contributed by atoms with van der Waals surface area (Å²) in [7, 11) is 0. The number of amides is 1. The van der Waals surface area contributed by atoms with Crippen LogP contribution >= 0.6 is 34.4 Å². The standard InChI is InChI=1S/C22H19N3OS3/c1-16-9-10-19-20(14-16)29-22(24-19)25(23-15-18-8-5-12-27-18)21(26)11-13-28-17-6-3-2-4-7-17/h2-10,12,14-15H,11,13H2,1H3/b23-15+. The van der Waals surface area contributed by atoms with Gasteiger partial charge in [-0.1, -0.05) is 41.7 Å². The lowest BCUT2D eigenvalue weighted by molar-refractivity contribution is -0.118. The second-order valence-electron chi connectivity index (χ2n) is 6.34. The van der Waals surface area contributed by atoms with Gasteiger partial charge in [0, 0.05) is 21.9 Å². The Morgan fingerprint density at radius 2 is 2.03 bits per heavy atom. The molecule has 1 amide bonds. The molecule has 0 saturated carbocycles. The summed E-state index contributed by atoms with van der Waals surface area (Å²) in [4.78, 5) is 19.8. The van der Waals surface area contributed by atoms with Crippen molar-refractivity contribution in [3.63, 3.8) is 0 Å². The van der Waals surface area contributed by atoms with Crippen LogP contribution in [-0.4, -0.2) is 22.9 Å². The summed E-state index contributed by atoms with van der Waals surface area (Å²) in [5, 5.41) is 8.53. The van der Waals surface area contributed by atoms with E-state index in [9.17, 15) is 4.79 Å². The van der Waals surface area contributed by atoms with Crippen molar-refractivity contribution in [1.29, 1.82) is 0 Å². The van der Waals surface area contributed by atoms with Gasteiger partial charge in [-0.25, -0.2) is 4.98 Å². The van der Waals surface area contributed by atoms with Crippen LogP contribution in [0.2, 0.25) is 0 Å². The van der Waals surface area contributed by atoms with E-state index in [0.29, 0.717) is 17.3 Å². The Bertz CT molecular complexity index is 1120. The highest BCUT2D eigenvalue weighted by molar-refractivity contribution is 7.99. The van der Waals surface area contributed by atoms with Crippen LogP contribution < -0.4 is 5.01 Å². The number of hydrogen-bond donors (Lipinski definition) is 0. The van der Waals surface area contributed by atoms with Gasteiger partial charge in [0.15, 0.2) is 0 Å². The molecular formula is C22H19N3OS3. The van der Waals surface area contributed by atoms with Gasteiger partial charge in [-0.05, 0) is 48.2 Å². The van der Waals surface area contributed by atoms with E-state index in [1.165, 1.54) is 21.9 Å². The Morgan fingerprint density at radius 1 is 1.17 bits per heavy atom. The van der Waals surface area contributed by atoms with Crippen molar-refractivity contribution in [2.24, 2.45) is 5.10 Å². The lowest BCUT2D eigenvalue weighted by Gasteiger charge is -2.13. The molecule has 29 heavy (non-hydrogen) atoms. The van der Waals surface area contributed by atoms with Crippen molar-refractivity contribution >= 4 is 61.9 Å². The number of aromatic nitrogens is 1. The number of thiophene rings is 1. The van der Waals surface area contributed by atoms with E-state index < -0.39 is 0 Å². The highest BCUT2D eigenvalue weighted by atomic mass is 32.2. The second kappa shape index (κ2) is 9.35. The highest BCUT2D eigenvalue weighted by Crippen LogP contribution is 2.30. The molecule has 0 unspecified atom stereocenters. The molecule has 4 nitrogen and oxygen atoms in total. The van der Waals surface area contributed by atoms with Gasteiger partial charge >= 0.3 is 0 Å². The van der Waals surface area contributed by atoms with Crippen LogP contribution in [0.4, 0.5) is 5.13 Å². The lowest BCUT2D eigenvalue weighted by Crippen LogP contribution is -2.25. The predicted molar refractivity (Wildman–Crippen MR) is 126 cm³/mol. The number of aryl methyl sites for hydroxylation is 1. The van der Waals surface area contributed by atoms with E-state index in [1.807, 2.05) is 47.8 Å². The molecule has 0 aliphatic carbocycles. The van der Waals surface area contributed by atoms with Crippen LogP contribution in [0.1, 0.15) is 16.9 Å². The molecule has 146 valence electrons. The SMILES string of the molecule is Cc1ccc2nc(N(/N=C/c3cccs3)C(=O)CCSc3ccccc3)sc2c1. The maximum absolute atomic E-state index is 13.0. The summed E-state index contributed by atoms with van der Waals surface area (Å²) in [6, 6.07) is 20.2. The summed E-state index contributed by atoms with van der Waals surface area (Å²) in [6.07, 6.45) is 2.11. The molecule has 4 aromatic rings. The van der Waals surface area contributed by atoms with Gasteiger partial charge in [0.25, 0.3) is 0 Å². The molecule has 2 aromatic carbocycles. The van der Waals surface area contributed by atoms with Gasteiger partial charge in [-0.15, -0.1) is 23.1 Å². The molecule has 0 atom stereocenters. The predicted octanol–water partition coefficient (Wildman–Crippen LogP) is 6.22. The third-order valence-corrected chi connectivity index (χ3v) is 6.94. The third-order valence-electron chi connectivity index (χ3n) is 4.12. The zero-order valence-electron chi connectivity index (χ0n) is 15.8. The minimum Gasteiger partial charge on any atom is -0.272 e. The Balaban J connectivity index is 1.54. The fraction of sp³-hybridized carbons (Fsp3) is 0.136. The Morgan fingerprint density at radius 3 is 2.83 bits per heavy atom. The molecule has 0 saturated heterocycles. The molecule has 2 heterocycles. The van der Waals surface area contributed by atoms with Gasteiger partial charge in [0.05, 0.1) is 16.4 Å². The second-order valence-corrected chi connectivity index (χ2v) is 9.50. The smallest absolute Gasteiger partial charge is 0.250 e. The number of carbonyl (C=O) groups is 1. The Hall–Kier alpha value is -2.48. The van der Waals surface area contributed by atoms with Gasteiger partial charge in [0.1, 0.15) is 0 Å². The number of hydrazone groups is 1. The maximum Gasteiger partial charge on any atom is 0.250 e. The summed E-state index contributed by atoms with van der Waals surface area (Å²) in [6.45, 7) is 2.05. The quantitative estimate of drug-likeness (QED) is 0.196. The van der Waals surface area contributed by atoms with Gasteiger partial charge < -0.3 is 0 Å². The van der Waals surface area contributed by atoms with Crippen molar-refractivity contribution < 1.29 is 4.79 Å². The number of fused-ring (bicyclic) bond motifs is 1. The van der Waals surface area contributed by atoms with Crippen LogP contribution in [0.25, 0.3) is 10.2 Å². The van der Waals surface area contributed by atoms with Crippen molar-refractivity contribution in [3.8, 4) is 0 Å². The van der Waals surface area contributed by atoms with E-state index in [2.05, 4.69) is 35.2 Å². The van der Waals surface area contributed by atoms with Crippen molar-refractivity contribution in [3.05, 3.63) is 76.5 Å². The van der Waals surface area contributed by atoms with Crippen molar-refractivity contribution in [1.82, 2.24) is 4.98 Å². The minimum absolute atomic E-state index is 0.0583. The Labute approximate surface area is 181 Å². The van der Waals surface area contributed by atoms with E-state index in [0.717, 1.165) is 20.0 Å². The van der Waals surface area contributed by atoms with Crippen LogP contribution in [-0.2, 0) is 4.79 Å². The first-order valence-electron chi connectivity index (χ1n) is 9.14. The molecule has 2 aromatic heterocycles. The lowest BCUT2D eigenvalue weighted by atomic mass is 10.2. The number of thioether (sulfide) groups is 1. The number of anilines is 1. The monoisotopic (exact) mass is 437 g/mol. The van der Waals surface area contributed by atoms with Crippen molar-refractivity contribution in [2.45, 2.75) is 18.2 Å². The van der Waals surface area contributed by atoms with E-state index >= 15 is 0 Å². The fourth-order valence-corrected chi connectivity index (χ4v) is 5.17. The van der Waals surface area contributed by atoms with Crippen LogP contribution in [0.15, 0.2) is 76.0 Å². The number of thiazole rings is 1. The molecule has 0 radical (unpaired) electrons. The van der Waals surface area contributed by atoms with Gasteiger partial charge in [-0.2, -0.15) is 10.1 Å². The average molecular weight is 438 g/mol. The number of rotatable bonds is 7. The molecule has 0 bridgehead atoms. The van der Waals surface area contributed by atoms with Crippen LogP contribution in [0.5, 0.6) is 0 Å². The molecule has 0 fully saturated rings. The van der Waals surface area contributed by atoms with E-state index in [4.69, 9.17) is 0 Å². The average Bonchev–Trinajstić information content (AvgIpc) is 3.38. The first kappa shape index (κ1) is 19.8. The minimum atomic E-state index is -0.0583. The van der Waals surface area contributed by atoms with Crippen molar-refractivity contribution in [2.75, 3.05) is 10.8 Å².